The Balaban J connectivity index is 1.71. The number of nitrogens with one attached hydrogen (secondary N) is 2. The number of methoxy groups -OCH3 is 1. The summed E-state index contributed by atoms with van der Waals surface area (Å²) in [5.41, 5.74) is 2.30. The summed E-state index contributed by atoms with van der Waals surface area (Å²) in [7, 11) is 1.66. The molecule has 0 fully saturated rings. The van der Waals surface area contributed by atoms with Crippen molar-refractivity contribution in [1.82, 2.24) is 14.8 Å². The van der Waals surface area contributed by atoms with Crippen molar-refractivity contribution in [2.75, 3.05) is 17.7 Å². The molecular weight excluding hydrogens is 342 g/mol. The number of carbonyl (C=O) groups excluding carboxylic acids is 1. The number of hydrogen-bond donors (Lipinski definition) is 2. The largest absolute Gasteiger partial charge is 0.497 e. The SMILES string of the molecule is COc1ccc([C@@H]2C[C@@H](c3ccccc3)n3nc(NC(C)=O)nc3N2)cc1. The van der Waals surface area contributed by atoms with Gasteiger partial charge in [0.15, 0.2) is 0 Å². The van der Waals surface area contributed by atoms with Gasteiger partial charge in [0.1, 0.15) is 5.75 Å². The molecule has 0 aliphatic carbocycles. The lowest BCUT2D eigenvalue weighted by Crippen LogP contribution is -2.28. The average molecular weight is 363 g/mol. The maximum Gasteiger partial charge on any atom is 0.250 e. The molecule has 0 bridgehead atoms. The Labute approximate surface area is 157 Å². The lowest BCUT2D eigenvalue weighted by Gasteiger charge is -2.31. The number of amides is 1. The van der Waals surface area contributed by atoms with E-state index in [0.717, 1.165) is 23.3 Å². The van der Waals surface area contributed by atoms with Gasteiger partial charge in [0, 0.05) is 6.92 Å². The number of benzene rings is 2. The van der Waals surface area contributed by atoms with Crippen LogP contribution < -0.4 is 15.4 Å². The maximum atomic E-state index is 11.4. The van der Waals surface area contributed by atoms with Crippen LogP contribution >= 0.6 is 0 Å². The number of fused-ring (bicyclic) bond motifs is 1. The molecule has 1 aliphatic rings. The molecule has 2 heterocycles. The zero-order valence-corrected chi connectivity index (χ0v) is 15.2. The summed E-state index contributed by atoms with van der Waals surface area (Å²) in [6.45, 7) is 1.45. The fraction of sp³-hybridized carbons (Fsp3) is 0.250. The standard InChI is InChI=1S/C20H21N5O2/c1-13(26)21-19-23-20-22-17(14-8-10-16(27-2)11-9-14)12-18(25(20)24-19)15-6-4-3-5-7-15/h3-11,17-18H,12H2,1-2H3,(H2,21,22,23,24,26)/t17-,18-/m0/s1. The second-order valence-electron chi connectivity index (χ2n) is 6.52. The van der Waals surface area contributed by atoms with E-state index in [4.69, 9.17) is 4.74 Å². The third kappa shape index (κ3) is 3.48. The van der Waals surface area contributed by atoms with Crippen molar-refractivity contribution in [2.45, 2.75) is 25.4 Å². The summed E-state index contributed by atoms with van der Waals surface area (Å²) in [4.78, 5) is 15.9. The third-order valence-electron chi connectivity index (χ3n) is 4.68. The molecule has 27 heavy (non-hydrogen) atoms. The summed E-state index contributed by atoms with van der Waals surface area (Å²) < 4.78 is 7.10. The molecule has 1 aliphatic heterocycles. The molecule has 138 valence electrons. The molecule has 0 radical (unpaired) electrons. The molecule has 1 aromatic heterocycles. The first kappa shape index (κ1) is 17.1. The van der Waals surface area contributed by atoms with E-state index in [0.29, 0.717) is 11.9 Å². The first-order valence-corrected chi connectivity index (χ1v) is 8.83. The summed E-state index contributed by atoms with van der Waals surface area (Å²) in [6.07, 6.45) is 0.812. The van der Waals surface area contributed by atoms with Crippen molar-refractivity contribution >= 4 is 17.8 Å². The Morgan fingerprint density at radius 1 is 1.15 bits per heavy atom. The number of rotatable bonds is 4. The second-order valence-corrected chi connectivity index (χ2v) is 6.52. The van der Waals surface area contributed by atoms with Crippen molar-refractivity contribution in [2.24, 2.45) is 0 Å². The molecule has 1 amide bonds. The molecule has 0 unspecified atom stereocenters. The summed E-state index contributed by atoms with van der Waals surface area (Å²) in [6, 6.07) is 18.3. The molecular formula is C20H21N5O2. The summed E-state index contributed by atoms with van der Waals surface area (Å²) >= 11 is 0. The van der Waals surface area contributed by atoms with Gasteiger partial charge in [-0.1, -0.05) is 42.5 Å². The maximum absolute atomic E-state index is 11.4. The van der Waals surface area contributed by atoms with Crippen LogP contribution in [0.5, 0.6) is 5.75 Å². The fourth-order valence-electron chi connectivity index (χ4n) is 3.40. The minimum atomic E-state index is -0.194. The van der Waals surface area contributed by atoms with E-state index in [1.165, 1.54) is 6.92 Å². The number of aromatic nitrogens is 3. The Hall–Kier alpha value is -3.35. The molecule has 0 saturated heterocycles. The van der Waals surface area contributed by atoms with Crippen molar-refractivity contribution < 1.29 is 9.53 Å². The van der Waals surface area contributed by atoms with E-state index in [1.54, 1.807) is 7.11 Å². The zero-order valence-electron chi connectivity index (χ0n) is 15.2. The minimum Gasteiger partial charge on any atom is -0.497 e. The molecule has 7 nitrogen and oxygen atoms in total. The molecule has 7 heteroatoms. The number of nitrogens with zero attached hydrogens (tertiary/aromatic N) is 3. The van der Waals surface area contributed by atoms with Gasteiger partial charge in [-0.05, 0) is 29.7 Å². The van der Waals surface area contributed by atoms with Crippen LogP contribution in [0.25, 0.3) is 0 Å². The van der Waals surface area contributed by atoms with Gasteiger partial charge in [-0.3, -0.25) is 10.1 Å². The Kier molecular flexibility index (Phi) is 4.50. The van der Waals surface area contributed by atoms with Crippen LogP contribution in [0, 0.1) is 0 Å². The number of carbonyl (C=O) groups is 1. The van der Waals surface area contributed by atoms with Crippen molar-refractivity contribution in [3.05, 3.63) is 65.7 Å². The van der Waals surface area contributed by atoms with Gasteiger partial charge in [0.25, 0.3) is 5.95 Å². The highest BCUT2D eigenvalue weighted by Crippen LogP contribution is 2.38. The first-order valence-electron chi connectivity index (χ1n) is 8.83. The highest BCUT2D eigenvalue weighted by Gasteiger charge is 2.31. The van der Waals surface area contributed by atoms with Crippen LogP contribution in [0.2, 0.25) is 0 Å². The van der Waals surface area contributed by atoms with Crippen LogP contribution in [0.15, 0.2) is 54.6 Å². The topological polar surface area (TPSA) is 81.1 Å². The molecule has 0 saturated carbocycles. The fourth-order valence-corrected chi connectivity index (χ4v) is 3.40. The third-order valence-corrected chi connectivity index (χ3v) is 4.68. The van der Waals surface area contributed by atoms with Crippen LogP contribution in [-0.4, -0.2) is 27.8 Å². The van der Waals surface area contributed by atoms with Crippen LogP contribution in [0.1, 0.15) is 36.6 Å². The Morgan fingerprint density at radius 3 is 2.56 bits per heavy atom. The Bertz CT molecular complexity index is 937. The molecule has 2 N–H and O–H groups in total. The first-order chi connectivity index (χ1) is 13.1. The van der Waals surface area contributed by atoms with Crippen molar-refractivity contribution in [3.63, 3.8) is 0 Å². The van der Waals surface area contributed by atoms with Crippen LogP contribution in [-0.2, 0) is 4.79 Å². The smallest absolute Gasteiger partial charge is 0.250 e. The quantitative estimate of drug-likeness (QED) is 0.743. The molecule has 2 aromatic carbocycles. The van der Waals surface area contributed by atoms with Gasteiger partial charge in [-0.15, -0.1) is 5.10 Å². The minimum absolute atomic E-state index is 0.0181. The van der Waals surface area contributed by atoms with Gasteiger partial charge >= 0.3 is 0 Å². The highest BCUT2D eigenvalue weighted by molar-refractivity contribution is 5.86. The van der Waals surface area contributed by atoms with Gasteiger partial charge in [0.05, 0.1) is 19.2 Å². The summed E-state index contributed by atoms with van der Waals surface area (Å²) in [5.74, 6) is 1.58. The molecule has 3 aromatic rings. The zero-order chi connectivity index (χ0) is 18.8. The lowest BCUT2D eigenvalue weighted by molar-refractivity contribution is -0.114. The molecule has 0 spiro atoms. The number of anilines is 2. The van der Waals surface area contributed by atoms with E-state index in [-0.39, 0.29) is 18.0 Å². The predicted octanol–water partition coefficient (Wildman–Crippen LogP) is 3.39. The number of ether oxygens (including phenoxy) is 1. The average Bonchev–Trinajstić information content (AvgIpc) is 3.09. The van der Waals surface area contributed by atoms with Gasteiger partial charge in [0.2, 0.25) is 11.9 Å². The Morgan fingerprint density at radius 2 is 1.89 bits per heavy atom. The normalized spacial score (nSPS) is 18.3. The monoisotopic (exact) mass is 363 g/mol. The predicted molar refractivity (Wildman–Crippen MR) is 103 cm³/mol. The highest BCUT2D eigenvalue weighted by atomic mass is 16.5. The van der Waals surface area contributed by atoms with E-state index in [2.05, 4.69) is 45.0 Å². The van der Waals surface area contributed by atoms with Gasteiger partial charge in [-0.25, -0.2) is 4.68 Å². The second kappa shape index (κ2) is 7.11. The molecule has 4 rings (SSSR count). The van der Waals surface area contributed by atoms with E-state index in [9.17, 15) is 4.79 Å². The van der Waals surface area contributed by atoms with E-state index >= 15 is 0 Å². The van der Waals surface area contributed by atoms with Crippen LogP contribution in [0.4, 0.5) is 11.9 Å². The molecule has 2 atom stereocenters. The van der Waals surface area contributed by atoms with Gasteiger partial charge < -0.3 is 10.1 Å². The van der Waals surface area contributed by atoms with E-state index in [1.807, 2.05) is 35.0 Å². The van der Waals surface area contributed by atoms with E-state index < -0.39 is 0 Å². The summed E-state index contributed by atoms with van der Waals surface area (Å²) in [5, 5.41) is 10.6. The van der Waals surface area contributed by atoms with Crippen molar-refractivity contribution in [1.29, 1.82) is 0 Å². The number of hydrogen-bond acceptors (Lipinski definition) is 5. The van der Waals surface area contributed by atoms with Gasteiger partial charge in [-0.2, -0.15) is 4.98 Å². The lowest BCUT2D eigenvalue weighted by atomic mass is 9.93. The van der Waals surface area contributed by atoms with Crippen molar-refractivity contribution in [3.8, 4) is 5.75 Å². The van der Waals surface area contributed by atoms with Crippen LogP contribution in [0.3, 0.4) is 0 Å².